The third-order valence-corrected chi connectivity index (χ3v) is 5.34. The maximum atomic E-state index is 12.6. The second-order valence-electron chi connectivity index (χ2n) is 6.64. The predicted molar refractivity (Wildman–Crippen MR) is 95.4 cm³/mol. The minimum absolute atomic E-state index is 0.0317. The van der Waals surface area contributed by atoms with Crippen LogP contribution in [0, 0.1) is 20.8 Å². The van der Waals surface area contributed by atoms with Crippen LogP contribution in [-0.4, -0.2) is 40.9 Å². The molecule has 0 aliphatic carbocycles. The Morgan fingerprint density at radius 3 is 2.30 bits per heavy atom. The van der Waals surface area contributed by atoms with Crippen molar-refractivity contribution >= 4 is 9.84 Å². The van der Waals surface area contributed by atoms with Crippen LogP contribution in [-0.2, 0) is 9.84 Å². The highest BCUT2D eigenvalue weighted by molar-refractivity contribution is 7.92. The van der Waals surface area contributed by atoms with E-state index in [0.29, 0.717) is 17.5 Å². The van der Waals surface area contributed by atoms with E-state index in [9.17, 15) is 21.6 Å². The van der Waals surface area contributed by atoms with E-state index in [1.165, 1.54) is 0 Å². The molecule has 0 saturated carbocycles. The number of ether oxygens (including phenoxy) is 1. The van der Waals surface area contributed by atoms with Gasteiger partial charge in [-0.2, -0.15) is 18.2 Å². The van der Waals surface area contributed by atoms with Crippen molar-refractivity contribution in [3.8, 4) is 17.1 Å². The van der Waals surface area contributed by atoms with Gasteiger partial charge in [0.05, 0.1) is 12.5 Å². The molecule has 0 aliphatic rings. The average Bonchev–Trinajstić information content (AvgIpc) is 3.29. The van der Waals surface area contributed by atoms with Crippen molar-refractivity contribution in [3.63, 3.8) is 0 Å². The maximum absolute atomic E-state index is 12.6. The van der Waals surface area contributed by atoms with Gasteiger partial charge in [0.2, 0.25) is 17.6 Å². The van der Waals surface area contributed by atoms with Gasteiger partial charge in [0.15, 0.2) is 0 Å². The summed E-state index contributed by atoms with van der Waals surface area (Å²) < 4.78 is 75.9. The SMILES string of the molecule is Cc1nc(-c2cc(C)c(OCC(C)c3nnc(S(=O)(=O)C(F)(F)F)o3)c(C)c2)no1. The van der Waals surface area contributed by atoms with Gasteiger partial charge in [0, 0.05) is 12.5 Å². The number of nitrogens with zero attached hydrogens (tertiary/aromatic N) is 4. The molecule has 9 nitrogen and oxygen atoms in total. The number of rotatable bonds is 6. The van der Waals surface area contributed by atoms with Gasteiger partial charge in [0.25, 0.3) is 0 Å². The second-order valence-corrected chi connectivity index (χ2v) is 8.46. The van der Waals surface area contributed by atoms with Crippen LogP contribution in [0.4, 0.5) is 13.2 Å². The standard InChI is InChI=1S/C17H17F3N4O5S/c1-8-5-12(14-21-11(4)29-24-14)6-9(2)13(8)27-7-10(3)15-22-23-16(28-15)30(25,26)17(18,19)20/h5-6,10H,7H2,1-4H3. The summed E-state index contributed by atoms with van der Waals surface area (Å²) in [5.41, 5.74) is -3.25. The second kappa shape index (κ2) is 7.70. The van der Waals surface area contributed by atoms with Crippen molar-refractivity contribution in [2.75, 3.05) is 6.61 Å². The molecule has 30 heavy (non-hydrogen) atoms. The van der Waals surface area contributed by atoms with Crippen molar-refractivity contribution in [1.82, 2.24) is 20.3 Å². The smallest absolute Gasteiger partial charge is 0.492 e. The predicted octanol–water partition coefficient (Wildman–Crippen LogP) is 3.52. The van der Waals surface area contributed by atoms with E-state index >= 15 is 0 Å². The van der Waals surface area contributed by atoms with Gasteiger partial charge in [-0.25, -0.2) is 8.42 Å². The van der Waals surface area contributed by atoms with Crippen molar-refractivity contribution in [1.29, 1.82) is 0 Å². The molecule has 0 fully saturated rings. The lowest BCUT2D eigenvalue weighted by Gasteiger charge is -2.15. The highest BCUT2D eigenvalue weighted by atomic mass is 32.2. The first-order valence-corrected chi connectivity index (χ1v) is 10.1. The molecule has 1 atom stereocenters. The van der Waals surface area contributed by atoms with Gasteiger partial charge in [-0.15, -0.1) is 5.10 Å². The molecular weight excluding hydrogens is 429 g/mol. The molecule has 3 aromatic rings. The Morgan fingerprint density at radius 1 is 1.13 bits per heavy atom. The Hall–Kier alpha value is -2.96. The summed E-state index contributed by atoms with van der Waals surface area (Å²) >= 11 is 0. The molecule has 0 amide bonds. The fourth-order valence-electron chi connectivity index (χ4n) is 2.63. The maximum Gasteiger partial charge on any atom is 0.506 e. The summed E-state index contributed by atoms with van der Waals surface area (Å²) in [6, 6.07) is 3.61. The van der Waals surface area contributed by atoms with Crippen LogP contribution in [0.15, 0.2) is 26.3 Å². The molecule has 13 heteroatoms. The normalized spacial score (nSPS) is 13.4. The number of hydrogen-bond acceptors (Lipinski definition) is 9. The first-order valence-electron chi connectivity index (χ1n) is 8.59. The third kappa shape index (κ3) is 4.15. The summed E-state index contributed by atoms with van der Waals surface area (Å²) in [7, 11) is -5.70. The van der Waals surface area contributed by atoms with Gasteiger partial charge in [-0.3, -0.25) is 0 Å². The summed E-state index contributed by atoms with van der Waals surface area (Å²) in [5, 5.41) is 8.79. The Balaban J connectivity index is 1.75. The van der Waals surface area contributed by atoms with Gasteiger partial charge in [-0.1, -0.05) is 17.2 Å². The van der Waals surface area contributed by atoms with Crippen LogP contribution in [0.2, 0.25) is 0 Å². The number of aromatic nitrogens is 4. The van der Waals surface area contributed by atoms with E-state index in [1.807, 2.05) is 13.8 Å². The fraction of sp³-hybridized carbons (Fsp3) is 0.412. The minimum atomic E-state index is -5.70. The molecule has 2 aromatic heterocycles. The number of benzene rings is 1. The van der Waals surface area contributed by atoms with E-state index in [0.717, 1.165) is 16.7 Å². The molecule has 0 bridgehead atoms. The quantitative estimate of drug-likeness (QED) is 0.560. The summed E-state index contributed by atoms with van der Waals surface area (Å²) in [5.74, 6) is 0.470. The minimum Gasteiger partial charge on any atom is -0.492 e. The number of hydrogen-bond donors (Lipinski definition) is 0. The van der Waals surface area contributed by atoms with E-state index in [-0.39, 0.29) is 12.5 Å². The first kappa shape index (κ1) is 21.7. The van der Waals surface area contributed by atoms with Crippen molar-refractivity contribution in [3.05, 3.63) is 35.0 Å². The lowest BCUT2D eigenvalue weighted by atomic mass is 10.1. The molecule has 0 N–H and O–H groups in total. The van der Waals surface area contributed by atoms with Crippen molar-refractivity contribution in [2.24, 2.45) is 0 Å². The third-order valence-electron chi connectivity index (χ3n) is 4.10. The molecule has 1 aromatic carbocycles. The van der Waals surface area contributed by atoms with Crippen LogP contribution in [0.3, 0.4) is 0 Å². The fourth-order valence-corrected chi connectivity index (χ4v) is 3.17. The van der Waals surface area contributed by atoms with Gasteiger partial charge in [0.1, 0.15) is 5.75 Å². The van der Waals surface area contributed by atoms with E-state index in [1.54, 1.807) is 26.0 Å². The zero-order chi connectivity index (χ0) is 22.3. The topological polar surface area (TPSA) is 121 Å². The molecule has 0 spiro atoms. The lowest BCUT2D eigenvalue weighted by Crippen LogP contribution is -2.23. The van der Waals surface area contributed by atoms with Crippen LogP contribution in [0.5, 0.6) is 5.75 Å². The van der Waals surface area contributed by atoms with Crippen LogP contribution in [0.25, 0.3) is 11.4 Å². The monoisotopic (exact) mass is 446 g/mol. The molecule has 2 heterocycles. The largest absolute Gasteiger partial charge is 0.506 e. The number of sulfone groups is 1. The highest BCUT2D eigenvalue weighted by Gasteiger charge is 2.51. The summed E-state index contributed by atoms with van der Waals surface area (Å²) in [6.45, 7) is 6.82. The summed E-state index contributed by atoms with van der Waals surface area (Å²) in [6.07, 6.45) is 0. The molecule has 3 rings (SSSR count). The molecular formula is C17H17F3N4O5S. The first-order chi connectivity index (χ1) is 13.9. The van der Waals surface area contributed by atoms with Crippen LogP contribution < -0.4 is 4.74 Å². The molecule has 1 unspecified atom stereocenters. The molecule has 162 valence electrons. The number of alkyl halides is 3. The van der Waals surface area contributed by atoms with Gasteiger partial charge in [-0.05, 0) is 37.1 Å². The summed E-state index contributed by atoms with van der Waals surface area (Å²) in [4.78, 5) is 4.17. The van der Waals surface area contributed by atoms with Crippen LogP contribution in [0.1, 0.15) is 35.7 Å². The zero-order valence-corrected chi connectivity index (χ0v) is 17.1. The van der Waals surface area contributed by atoms with Crippen LogP contribution >= 0.6 is 0 Å². The molecule has 0 aliphatic heterocycles. The van der Waals surface area contributed by atoms with Gasteiger partial charge < -0.3 is 13.7 Å². The molecule has 0 radical (unpaired) electrons. The lowest BCUT2D eigenvalue weighted by molar-refractivity contribution is -0.0450. The Labute approximate surface area is 169 Å². The van der Waals surface area contributed by atoms with Gasteiger partial charge >= 0.3 is 20.6 Å². The van der Waals surface area contributed by atoms with Crippen molar-refractivity contribution < 1.29 is 35.3 Å². The number of halogens is 3. The zero-order valence-electron chi connectivity index (χ0n) is 16.3. The highest BCUT2D eigenvalue weighted by Crippen LogP contribution is 2.32. The van der Waals surface area contributed by atoms with E-state index < -0.39 is 26.5 Å². The van der Waals surface area contributed by atoms with E-state index in [4.69, 9.17) is 13.7 Å². The van der Waals surface area contributed by atoms with E-state index in [2.05, 4.69) is 20.3 Å². The van der Waals surface area contributed by atoms with Crippen molar-refractivity contribution in [2.45, 2.75) is 44.3 Å². The Kier molecular flexibility index (Phi) is 5.58. The Morgan fingerprint density at radius 2 is 1.77 bits per heavy atom. The molecule has 0 saturated heterocycles. The number of aryl methyl sites for hydroxylation is 3. The Bertz CT molecular complexity index is 1150. The average molecular weight is 446 g/mol.